The lowest BCUT2D eigenvalue weighted by atomic mass is 10.2. The number of ether oxygens (including phenoxy) is 1. The van der Waals surface area contributed by atoms with Gasteiger partial charge in [-0.15, -0.1) is 0 Å². The van der Waals surface area contributed by atoms with Crippen LogP contribution in [-0.4, -0.2) is 22.4 Å². The summed E-state index contributed by atoms with van der Waals surface area (Å²) in [5, 5.41) is 4.21. The van der Waals surface area contributed by atoms with Gasteiger partial charge in [-0.1, -0.05) is 30.3 Å². The fourth-order valence-electron chi connectivity index (χ4n) is 1.96. The maximum absolute atomic E-state index is 11.8. The number of hydrogen-bond donors (Lipinski definition) is 1. The minimum atomic E-state index is -0.300. The van der Waals surface area contributed by atoms with Crippen molar-refractivity contribution in [3.05, 3.63) is 47.3 Å². The number of nitrogen functional groups attached to an aromatic ring is 1. The van der Waals surface area contributed by atoms with Crippen LogP contribution in [0.4, 0.5) is 5.69 Å². The third-order valence-electron chi connectivity index (χ3n) is 3.21. The van der Waals surface area contributed by atoms with Gasteiger partial charge >= 0.3 is 5.97 Å². The van der Waals surface area contributed by atoms with Crippen molar-refractivity contribution in [1.82, 2.24) is 9.78 Å². The van der Waals surface area contributed by atoms with Crippen LogP contribution in [0.15, 0.2) is 30.3 Å². The average molecular weight is 273 g/mol. The molecule has 0 fully saturated rings. The van der Waals surface area contributed by atoms with E-state index < -0.39 is 0 Å². The third-order valence-corrected chi connectivity index (χ3v) is 3.21. The highest BCUT2D eigenvalue weighted by molar-refractivity contribution is 5.69. The maximum Gasteiger partial charge on any atom is 0.327 e. The van der Waals surface area contributed by atoms with Crippen LogP contribution >= 0.6 is 0 Å². The molecule has 1 aromatic carbocycles. The first-order valence-electron chi connectivity index (χ1n) is 6.57. The number of aromatic nitrogens is 2. The molecule has 0 amide bonds. The molecule has 0 unspecified atom stereocenters. The van der Waals surface area contributed by atoms with Crippen molar-refractivity contribution in [2.45, 2.75) is 26.8 Å². The predicted molar refractivity (Wildman–Crippen MR) is 77.2 cm³/mol. The van der Waals surface area contributed by atoms with E-state index in [0.29, 0.717) is 18.7 Å². The predicted octanol–water partition coefficient (Wildman–Crippen LogP) is 1.87. The van der Waals surface area contributed by atoms with Gasteiger partial charge in [-0.3, -0.25) is 9.48 Å². The van der Waals surface area contributed by atoms with E-state index >= 15 is 0 Å². The molecule has 0 saturated carbocycles. The molecule has 5 heteroatoms. The molecule has 0 aliphatic rings. The van der Waals surface area contributed by atoms with E-state index in [1.807, 2.05) is 44.2 Å². The quantitative estimate of drug-likeness (QED) is 0.844. The molecule has 2 N–H and O–H groups in total. The van der Waals surface area contributed by atoms with Crippen molar-refractivity contribution in [3.8, 4) is 0 Å². The van der Waals surface area contributed by atoms with Gasteiger partial charge in [0.05, 0.1) is 23.7 Å². The minimum Gasteiger partial charge on any atom is -0.464 e. The zero-order chi connectivity index (χ0) is 14.5. The van der Waals surface area contributed by atoms with Gasteiger partial charge < -0.3 is 10.5 Å². The molecule has 2 aromatic rings. The Kier molecular flexibility index (Phi) is 4.40. The maximum atomic E-state index is 11.8. The van der Waals surface area contributed by atoms with Crippen LogP contribution in [-0.2, 0) is 22.5 Å². The fraction of sp³-hybridized carbons (Fsp3) is 0.333. The van der Waals surface area contributed by atoms with Crippen molar-refractivity contribution < 1.29 is 9.53 Å². The number of hydrogen-bond acceptors (Lipinski definition) is 4. The standard InChI is InChI=1S/C15H19N3O2/c1-11-15(16)12(2)18(17-11)10-14(19)20-9-8-13-6-4-3-5-7-13/h3-7H,8-10,16H2,1-2H3. The van der Waals surface area contributed by atoms with Crippen molar-refractivity contribution in [2.24, 2.45) is 0 Å². The zero-order valence-corrected chi connectivity index (χ0v) is 11.8. The summed E-state index contributed by atoms with van der Waals surface area (Å²) in [6.45, 7) is 4.13. The summed E-state index contributed by atoms with van der Waals surface area (Å²) in [6, 6.07) is 9.92. The van der Waals surface area contributed by atoms with Crippen LogP contribution in [0.5, 0.6) is 0 Å². The molecule has 106 valence electrons. The van der Waals surface area contributed by atoms with Crippen LogP contribution in [0.2, 0.25) is 0 Å². The molecular weight excluding hydrogens is 254 g/mol. The number of anilines is 1. The number of benzene rings is 1. The lowest BCUT2D eigenvalue weighted by molar-refractivity contribution is -0.144. The number of nitrogens with two attached hydrogens (primary N) is 1. The second kappa shape index (κ2) is 6.23. The Morgan fingerprint density at radius 1 is 1.30 bits per heavy atom. The molecule has 2 rings (SSSR count). The molecule has 0 aliphatic heterocycles. The van der Waals surface area contributed by atoms with E-state index in [1.165, 1.54) is 0 Å². The monoisotopic (exact) mass is 273 g/mol. The van der Waals surface area contributed by atoms with E-state index in [2.05, 4.69) is 5.10 Å². The van der Waals surface area contributed by atoms with Gasteiger partial charge in [0, 0.05) is 6.42 Å². The summed E-state index contributed by atoms with van der Waals surface area (Å²) in [6.07, 6.45) is 0.714. The van der Waals surface area contributed by atoms with E-state index in [1.54, 1.807) is 4.68 Å². The van der Waals surface area contributed by atoms with Crippen molar-refractivity contribution >= 4 is 11.7 Å². The molecule has 0 bridgehead atoms. The number of carbonyl (C=O) groups is 1. The Morgan fingerprint density at radius 2 is 2.00 bits per heavy atom. The van der Waals surface area contributed by atoms with Crippen LogP contribution < -0.4 is 5.73 Å². The van der Waals surface area contributed by atoms with Gasteiger partial charge in [-0.25, -0.2) is 0 Å². The number of carbonyl (C=O) groups excluding carboxylic acids is 1. The van der Waals surface area contributed by atoms with Gasteiger partial charge in [-0.2, -0.15) is 5.10 Å². The van der Waals surface area contributed by atoms with E-state index in [0.717, 1.165) is 17.0 Å². The Balaban J connectivity index is 1.82. The highest BCUT2D eigenvalue weighted by Gasteiger charge is 2.12. The Labute approximate surface area is 118 Å². The van der Waals surface area contributed by atoms with Gasteiger partial charge in [-0.05, 0) is 19.4 Å². The molecule has 0 radical (unpaired) electrons. The van der Waals surface area contributed by atoms with Gasteiger partial charge in [0.1, 0.15) is 6.54 Å². The van der Waals surface area contributed by atoms with E-state index in [9.17, 15) is 4.79 Å². The third kappa shape index (κ3) is 3.38. The molecule has 0 saturated heterocycles. The molecular formula is C15H19N3O2. The highest BCUT2D eigenvalue weighted by atomic mass is 16.5. The summed E-state index contributed by atoms with van der Waals surface area (Å²) in [5.41, 5.74) is 9.12. The van der Waals surface area contributed by atoms with Crippen molar-refractivity contribution in [2.75, 3.05) is 12.3 Å². The molecule has 0 aliphatic carbocycles. The topological polar surface area (TPSA) is 70.1 Å². The molecule has 5 nitrogen and oxygen atoms in total. The first-order valence-corrected chi connectivity index (χ1v) is 6.57. The average Bonchev–Trinajstić information content (AvgIpc) is 2.67. The Morgan fingerprint density at radius 3 is 2.60 bits per heavy atom. The summed E-state index contributed by atoms with van der Waals surface area (Å²) < 4.78 is 6.79. The largest absolute Gasteiger partial charge is 0.464 e. The molecule has 0 spiro atoms. The first kappa shape index (κ1) is 14.1. The number of aryl methyl sites for hydroxylation is 1. The first-order chi connectivity index (χ1) is 9.58. The number of nitrogens with zero attached hydrogens (tertiary/aromatic N) is 2. The lowest BCUT2D eigenvalue weighted by Gasteiger charge is -2.06. The van der Waals surface area contributed by atoms with Gasteiger partial charge in [0.2, 0.25) is 0 Å². The molecule has 0 atom stereocenters. The normalized spacial score (nSPS) is 10.5. The number of rotatable bonds is 5. The molecule has 1 heterocycles. The Bertz CT molecular complexity index is 591. The Hall–Kier alpha value is -2.30. The second-order valence-electron chi connectivity index (χ2n) is 4.70. The number of esters is 1. The van der Waals surface area contributed by atoms with Crippen molar-refractivity contribution in [3.63, 3.8) is 0 Å². The smallest absolute Gasteiger partial charge is 0.327 e. The van der Waals surface area contributed by atoms with Crippen LogP contribution in [0, 0.1) is 13.8 Å². The van der Waals surface area contributed by atoms with Crippen LogP contribution in [0.25, 0.3) is 0 Å². The summed E-state index contributed by atoms with van der Waals surface area (Å²) in [7, 11) is 0. The highest BCUT2D eigenvalue weighted by Crippen LogP contribution is 2.14. The van der Waals surface area contributed by atoms with Gasteiger partial charge in [0.25, 0.3) is 0 Å². The minimum absolute atomic E-state index is 0.0959. The van der Waals surface area contributed by atoms with Gasteiger partial charge in [0.15, 0.2) is 0 Å². The summed E-state index contributed by atoms with van der Waals surface area (Å²) in [4.78, 5) is 11.8. The summed E-state index contributed by atoms with van der Waals surface area (Å²) >= 11 is 0. The SMILES string of the molecule is Cc1nn(CC(=O)OCCc2ccccc2)c(C)c1N. The lowest BCUT2D eigenvalue weighted by Crippen LogP contribution is -2.17. The van der Waals surface area contributed by atoms with E-state index in [-0.39, 0.29) is 12.5 Å². The van der Waals surface area contributed by atoms with Crippen molar-refractivity contribution in [1.29, 1.82) is 0 Å². The van der Waals surface area contributed by atoms with Crippen LogP contribution in [0.1, 0.15) is 17.0 Å². The molecule has 1 aromatic heterocycles. The van der Waals surface area contributed by atoms with E-state index in [4.69, 9.17) is 10.5 Å². The zero-order valence-electron chi connectivity index (χ0n) is 11.8. The fourth-order valence-corrected chi connectivity index (χ4v) is 1.96. The molecule has 20 heavy (non-hydrogen) atoms. The second-order valence-corrected chi connectivity index (χ2v) is 4.70. The summed E-state index contributed by atoms with van der Waals surface area (Å²) in [5.74, 6) is -0.300. The van der Waals surface area contributed by atoms with Crippen LogP contribution in [0.3, 0.4) is 0 Å².